The van der Waals surface area contributed by atoms with E-state index in [1.54, 1.807) is 7.11 Å². The summed E-state index contributed by atoms with van der Waals surface area (Å²) in [6.07, 6.45) is 3.91. The lowest BCUT2D eigenvalue weighted by Gasteiger charge is -2.31. The van der Waals surface area contributed by atoms with Gasteiger partial charge in [-0.05, 0) is 62.5 Å². The van der Waals surface area contributed by atoms with Crippen LogP contribution in [0.2, 0.25) is 0 Å². The molecule has 2 aromatic heterocycles. The van der Waals surface area contributed by atoms with E-state index in [1.807, 2.05) is 36.5 Å². The molecule has 28 heavy (non-hydrogen) atoms. The van der Waals surface area contributed by atoms with Crippen LogP contribution in [0, 0.1) is 0 Å². The van der Waals surface area contributed by atoms with Crippen molar-refractivity contribution in [1.82, 2.24) is 19.8 Å². The summed E-state index contributed by atoms with van der Waals surface area (Å²) in [5, 5.41) is 4.26. The molecule has 1 fully saturated rings. The van der Waals surface area contributed by atoms with Gasteiger partial charge in [-0.15, -0.1) is 0 Å². The zero-order valence-electron chi connectivity index (χ0n) is 16.2. The lowest BCUT2D eigenvalue weighted by molar-refractivity contribution is 0.262. The van der Waals surface area contributed by atoms with Crippen molar-refractivity contribution in [2.24, 2.45) is 0 Å². The van der Waals surface area contributed by atoms with E-state index in [1.165, 1.54) is 0 Å². The molecule has 0 radical (unpaired) electrons. The maximum absolute atomic E-state index is 5.70. The summed E-state index contributed by atoms with van der Waals surface area (Å²) >= 11 is 5.70. The molecule has 4 rings (SSSR count). The topological polar surface area (TPSA) is 42.3 Å². The predicted octanol–water partition coefficient (Wildman–Crippen LogP) is 4.26. The molecular formula is C22H24N4OS. The molecule has 0 saturated carbocycles. The Morgan fingerprint density at radius 1 is 1.11 bits per heavy atom. The van der Waals surface area contributed by atoms with Crippen LogP contribution < -0.4 is 10.1 Å². The Kier molecular flexibility index (Phi) is 5.05. The number of pyridine rings is 1. The van der Waals surface area contributed by atoms with Gasteiger partial charge in [-0.3, -0.25) is 4.98 Å². The van der Waals surface area contributed by atoms with Crippen molar-refractivity contribution in [1.29, 1.82) is 0 Å². The summed E-state index contributed by atoms with van der Waals surface area (Å²) in [5.74, 6) is 0.833. The molecule has 6 heteroatoms. The van der Waals surface area contributed by atoms with Crippen molar-refractivity contribution >= 4 is 17.3 Å². The van der Waals surface area contributed by atoms with Crippen molar-refractivity contribution in [3.63, 3.8) is 0 Å². The molecule has 0 spiro atoms. The van der Waals surface area contributed by atoms with E-state index in [0.717, 1.165) is 27.9 Å². The lowest BCUT2D eigenvalue weighted by Crippen LogP contribution is -2.36. The number of rotatable bonds is 5. The van der Waals surface area contributed by atoms with Gasteiger partial charge >= 0.3 is 0 Å². The van der Waals surface area contributed by atoms with E-state index < -0.39 is 0 Å². The number of nitrogens with one attached hydrogen (secondary N) is 1. The Morgan fingerprint density at radius 3 is 2.68 bits per heavy atom. The fraction of sp³-hybridized carbons (Fsp3) is 0.273. The van der Waals surface area contributed by atoms with Gasteiger partial charge in [0, 0.05) is 35.9 Å². The highest BCUT2D eigenvalue weighted by Gasteiger charge is 2.42. The Labute approximate surface area is 171 Å². The SMILES string of the molecule is COc1cccc(-n2cccc2[C@@H]2[C@H](c3ccccn3)NC(=S)N2C(C)C)c1. The quantitative estimate of drug-likeness (QED) is 0.657. The summed E-state index contributed by atoms with van der Waals surface area (Å²) in [4.78, 5) is 6.87. The monoisotopic (exact) mass is 392 g/mol. The molecule has 2 atom stereocenters. The Bertz CT molecular complexity index is 969. The van der Waals surface area contributed by atoms with Gasteiger partial charge in [0.15, 0.2) is 5.11 Å². The minimum Gasteiger partial charge on any atom is -0.497 e. The summed E-state index contributed by atoms with van der Waals surface area (Å²) < 4.78 is 7.62. The number of benzene rings is 1. The number of ether oxygens (including phenoxy) is 1. The summed E-state index contributed by atoms with van der Waals surface area (Å²) in [7, 11) is 1.69. The van der Waals surface area contributed by atoms with Crippen molar-refractivity contribution in [2.75, 3.05) is 7.11 Å². The van der Waals surface area contributed by atoms with E-state index in [-0.39, 0.29) is 18.1 Å². The van der Waals surface area contributed by atoms with E-state index >= 15 is 0 Å². The third kappa shape index (κ3) is 3.24. The lowest BCUT2D eigenvalue weighted by atomic mass is 10.0. The Hall–Kier alpha value is -2.86. The minimum atomic E-state index is -0.0182. The molecule has 0 unspecified atom stereocenters. The number of nitrogens with zero attached hydrogens (tertiary/aromatic N) is 3. The first kappa shape index (κ1) is 18.5. The number of aromatic nitrogens is 2. The zero-order chi connectivity index (χ0) is 19.7. The van der Waals surface area contributed by atoms with Gasteiger partial charge in [-0.25, -0.2) is 0 Å². The highest BCUT2D eigenvalue weighted by atomic mass is 32.1. The predicted molar refractivity (Wildman–Crippen MR) is 115 cm³/mol. The van der Waals surface area contributed by atoms with Gasteiger partial charge in [-0.1, -0.05) is 12.1 Å². The molecule has 1 aliphatic rings. The molecule has 0 aliphatic carbocycles. The minimum absolute atomic E-state index is 0.0182. The van der Waals surface area contributed by atoms with Gasteiger partial charge in [0.1, 0.15) is 5.75 Å². The smallest absolute Gasteiger partial charge is 0.170 e. The molecular weight excluding hydrogens is 368 g/mol. The van der Waals surface area contributed by atoms with Gasteiger partial charge in [-0.2, -0.15) is 0 Å². The highest BCUT2D eigenvalue weighted by molar-refractivity contribution is 7.80. The molecule has 1 N–H and O–H groups in total. The number of thiocarbonyl (C=S) groups is 1. The molecule has 0 bridgehead atoms. The van der Waals surface area contributed by atoms with Gasteiger partial charge in [0.2, 0.25) is 0 Å². The van der Waals surface area contributed by atoms with Crippen LogP contribution in [0.3, 0.4) is 0 Å². The Morgan fingerprint density at radius 2 is 1.96 bits per heavy atom. The molecule has 144 valence electrons. The summed E-state index contributed by atoms with van der Waals surface area (Å²) in [6.45, 7) is 4.33. The van der Waals surface area contributed by atoms with Crippen LogP contribution in [0.4, 0.5) is 0 Å². The van der Waals surface area contributed by atoms with E-state index in [0.29, 0.717) is 0 Å². The summed E-state index contributed by atoms with van der Waals surface area (Å²) in [6, 6.07) is 18.6. The van der Waals surface area contributed by atoms with Crippen molar-refractivity contribution in [3.8, 4) is 11.4 Å². The van der Waals surface area contributed by atoms with Crippen LogP contribution in [-0.2, 0) is 0 Å². The first-order chi connectivity index (χ1) is 13.6. The largest absolute Gasteiger partial charge is 0.497 e. The average molecular weight is 393 g/mol. The second-order valence-corrected chi connectivity index (χ2v) is 7.52. The maximum atomic E-state index is 5.70. The number of hydrogen-bond donors (Lipinski definition) is 1. The first-order valence-corrected chi connectivity index (χ1v) is 9.82. The fourth-order valence-corrected chi connectivity index (χ4v) is 4.32. The van der Waals surface area contributed by atoms with Crippen molar-refractivity contribution in [3.05, 3.63) is 78.4 Å². The van der Waals surface area contributed by atoms with Crippen LogP contribution in [-0.4, -0.2) is 32.7 Å². The standard InChI is InChI=1S/C22H24N4OS/c1-15(2)26-21(20(24-22(26)28)18-10-4-5-12-23-18)19-11-7-13-25(19)16-8-6-9-17(14-16)27-3/h4-15,20-21H,1-3H3,(H,24,28)/t20-,21+/m0/s1. The normalized spacial score (nSPS) is 19.1. The van der Waals surface area contributed by atoms with Crippen LogP contribution in [0.25, 0.3) is 5.69 Å². The maximum Gasteiger partial charge on any atom is 0.170 e. The third-order valence-electron chi connectivity index (χ3n) is 5.11. The third-order valence-corrected chi connectivity index (χ3v) is 5.44. The second kappa shape index (κ2) is 7.64. The molecule has 5 nitrogen and oxygen atoms in total. The molecule has 0 amide bonds. The number of methoxy groups -OCH3 is 1. The van der Waals surface area contributed by atoms with Gasteiger partial charge in [0.05, 0.1) is 24.9 Å². The van der Waals surface area contributed by atoms with Crippen molar-refractivity contribution in [2.45, 2.75) is 32.0 Å². The highest BCUT2D eigenvalue weighted by Crippen LogP contribution is 2.40. The Balaban J connectivity index is 1.83. The van der Waals surface area contributed by atoms with Crippen LogP contribution in [0.15, 0.2) is 67.0 Å². The molecule has 3 aromatic rings. The average Bonchev–Trinajstić information content (AvgIpc) is 3.32. The second-order valence-electron chi connectivity index (χ2n) is 7.13. The van der Waals surface area contributed by atoms with E-state index in [9.17, 15) is 0 Å². The van der Waals surface area contributed by atoms with Crippen LogP contribution >= 0.6 is 12.2 Å². The van der Waals surface area contributed by atoms with E-state index in [2.05, 4.69) is 64.1 Å². The van der Waals surface area contributed by atoms with Crippen LogP contribution in [0.1, 0.15) is 37.3 Å². The van der Waals surface area contributed by atoms with E-state index in [4.69, 9.17) is 17.0 Å². The van der Waals surface area contributed by atoms with Crippen LogP contribution in [0.5, 0.6) is 5.75 Å². The van der Waals surface area contributed by atoms with Gasteiger partial charge in [0.25, 0.3) is 0 Å². The molecule has 1 aliphatic heterocycles. The zero-order valence-corrected chi connectivity index (χ0v) is 17.1. The van der Waals surface area contributed by atoms with Crippen molar-refractivity contribution < 1.29 is 4.74 Å². The number of hydrogen-bond acceptors (Lipinski definition) is 3. The molecule has 1 saturated heterocycles. The van der Waals surface area contributed by atoms with Gasteiger partial charge < -0.3 is 19.5 Å². The summed E-state index contributed by atoms with van der Waals surface area (Å²) in [5.41, 5.74) is 3.20. The molecule has 1 aromatic carbocycles. The first-order valence-electron chi connectivity index (χ1n) is 9.41. The fourth-order valence-electron chi connectivity index (χ4n) is 3.87. The molecule has 3 heterocycles.